The highest BCUT2D eigenvalue weighted by atomic mass is 32.1. The Morgan fingerprint density at radius 1 is 1.44 bits per heavy atom. The van der Waals surface area contributed by atoms with Crippen molar-refractivity contribution in [1.82, 2.24) is 9.55 Å². The first-order chi connectivity index (χ1) is 7.61. The number of aromatic nitrogens is 2. The van der Waals surface area contributed by atoms with Crippen molar-refractivity contribution < 1.29 is 4.74 Å². The van der Waals surface area contributed by atoms with Crippen LogP contribution in [0.25, 0.3) is 11.0 Å². The third-order valence-electron chi connectivity index (χ3n) is 2.46. The second-order valence-corrected chi connectivity index (χ2v) is 4.38. The summed E-state index contributed by atoms with van der Waals surface area (Å²) in [6, 6.07) is 5.99. The van der Waals surface area contributed by atoms with Gasteiger partial charge in [-0.25, -0.2) is 4.98 Å². The molecule has 1 heterocycles. The zero-order valence-electron chi connectivity index (χ0n) is 9.77. The van der Waals surface area contributed by atoms with Crippen LogP contribution in [0.5, 0.6) is 5.75 Å². The Bertz CT molecular complexity index is 505. The molecule has 0 N–H and O–H groups in total. The Kier molecular flexibility index (Phi) is 3.10. The quantitative estimate of drug-likeness (QED) is 0.830. The molecule has 2 rings (SSSR count). The van der Waals surface area contributed by atoms with E-state index < -0.39 is 0 Å². The van der Waals surface area contributed by atoms with Crippen LogP contribution in [0.15, 0.2) is 18.2 Å². The van der Waals surface area contributed by atoms with Gasteiger partial charge < -0.3 is 9.30 Å². The van der Waals surface area contributed by atoms with E-state index in [1.807, 2.05) is 39.1 Å². The van der Waals surface area contributed by atoms with E-state index in [2.05, 4.69) is 22.2 Å². The summed E-state index contributed by atoms with van der Waals surface area (Å²) >= 11 is 4.26. The van der Waals surface area contributed by atoms with Crippen molar-refractivity contribution in [3.05, 3.63) is 24.0 Å². The first kappa shape index (κ1) is 11.3. The number of benzene rings is 1. The number of imidazole rings is 1. The minimum absolute atomic E-state index is 0.186. The van der Waals surface area contributed by atoms with E-state index in [0.717, 1.165) is 22.6 Å². The number of rotatable bonds is 3. The van der Waals surface area contributed by atoms with Crippen molar-refractivity contribution in [3.8, 4) is 5.75 Å². The maximum atomic E-state index is 5.64. The van der Waals surface area contributed by atoms with Gasteiger partial charge in [-0.2, -0.15) is 12.6 Å². The fraction of sp³-hybridized carbons (Fsp3) is 0.417. The van der Waals surface area contributed by atoms with Crippen LogP contribution in [0.1, 0.15) is 19.7 Å². The van der Waals surface area contributed by atoms with Gasteiger partial charge in [-0.3, -0.25) is 0 Å². The smallest absolute Gasteiger partial charge is 0.121 e. The molecule has 0 aliphatic carbocycles. The molecule has 0 amide bonds. The van der Waals surface area contributed by atoms with Gasteiger partial charge in [0.2, 0.25) is 0 Å². The molecule has 0 unspecified atom stereocenters. The molecule has 0 fully saturated rings. The Hall–Kier alpha value is -1.16. The van der Waals surface area contributed by atoms with E-state index in [1.165, 1.54) is 0 Å². The topological polar surface area (TPSA) is 27.1 Å². The number of thiol groups is 1. The van der Waals surface area contributed by atoms with Crippen molar-refractivity contribution in [2.75, 3.05) is 0 Å². The maximum absolute atomic E-state index is 5.64. The van der Waals surface area contributed by atoms with E-state index in [1.54, 1.807) is 0 Å². The summed E-state index contributed by atoms with van der Waals surface area (Å²) in [6.07, 6.45) is 0.186. The van der Waals surface area contributed by atoms with Crippen LogP contribution in [0.3, 0.4) is 0 Å². The van der Waals surface area contributed by atoms with E-state index in [-0.39, 0.29) is 6.10 Å². The minimum Gasteiger partial charge on any atom is -0.491 e. The van der Waals surface area contributed by atoms with Gasteiger partial charge in [0.05, 0.1) is 17.1 Å². The van der Waals surface area contributed by atoms with Gasteiger partial charge in [-0.1, -0.05) is 0 Å². The van der Waals surface area contributed by atoms with Gasteiger partial charge in [0, 0.05) is 18.9 Å². The van der Waals surface area contributed by atoms with E-state index >= 15 is 0 Å². The molecule has 0 bridgehead atoms. The van der Waals surface area contributed by atoms with Crippen LogP contribution in [0.2, 0.25) is 0 Å². The zero-order valence-corrected chi connectivity index (χ0v) is 10.7. The predicted octanol–water partition coefficient (Wildman–Crippen LogP) is 2.79. The Morgan fingerprint density at radius 3 is 2.81 bits per heavy atom. The Balaban J connectivity index is 2.46. The first-order valence-corrected chi connectivity index (χ1v) is 5.98. The monoisotopic (exact) mass is 236 g/mol. The normalized spacial score (nSPS) is 11.3. The summed E-state index contributed by atoms with van der Waals surface area (Å²) in [7, 11) is 2.00. The minimum atomic E-state index is 0.186. The van der Waals surface area contributed by atoms with Crippen molar-refractivity contribution in [3.63, 3.8) is 0 Å². The fourth-order valence-electron chi connectivity index (χ4n) is 1.72. The number of aryl methyl sites for hydroxylation is 1. The Labute approximate surface area is 101 Å². The number of ether oxygens (including phenoxy) is 1. The number of hydrogen-bond acceptors (Lipinski definition) is 3. The summed E-state index contributed by atoms with van der Waals surface area (Å²) in [5, 5.41) is 0. The average molecular weight is 236 g/mol. The van der Waals surface area contributed by atoms with E-state index in [9.17, 15) is 0 Å². The maximum Gasteiger partial charge on any atom is 0.121 e. The highest BCUT2D eigenvalue weighted by Crippen LogP contribution is 2.22. The molecule has 0 atom stereocenters. The van der Waals surface area contributed by atoms with Crippen LogP contribution >= 0.6 is 12.6 Å². The molecule has 0 saturated carbocycles. The molecule has 2 aromatic rings. The number of hydrogen-bond donors (Lipinski definition) is 1. The molecule has 3 nitrogen and oxygen atoms in total. The zero-order chi connectivity index (χ0) is 11.7. The molecule has 1 aromatic carbocycles. The number of nitrogens with zero attached hydrogens (tertiary/aromatic N) is 2. The molecule has 0 aliphatic rings. The summed E-state index contributed by atoms with van der Waals surface area (Å²) in [4.78, 5) is 4.51. The molecule has 0 spiro atoms. The van der Waals surface area contributed by atoms with Gasteiger partial charge in [-0.05, 0) is 26.0 Å². The SMILES string of the molecule is CC(C)Oc1ccc2c(c1)nc(CS)n2C. The van der Waals surface area contributed by atoms with Crippen LogP contribution in [0.4, 0.5) is 0 Å². The predicted molar refractivity (Wildman–Crippen MR) is 69.2 cm³/mol. The average Bonchev–Trinajstić information content (AvgIpc) is 2.54. The van der Waals surface area contributed by atoms with Crippen LogP contribution in [-0.2, 0) is 12.8 Å². The lowest BCUT2D eigenvalue weighted by molar-refractivity contribution is 0.242. The molecular weight excluding hydrogens is 220 g/mol. The van der Waals surface area contributed by atoms with Crippen molar-refractivity contribution in [1.29, 1.82) is 0 Å². The standard InChI is InChI=1S/C12H16N2OS/c1-8(2)15-9-4-5-11-10(6-9)13-12(7-16)14(11)3/h4-6,8,16H,7H2,1-3H3. The molecular formula is C12H16N2OS. The van der Waals surface area contributed by atoms with E-state index in [0.29, 0.717) is 5.75 Å². The third kappa shape index (κ3) is 2.02. The second kappa shape index (κ2) is 4.37. The largest absolute Gasteiger partial charge is 0.491 e. The van der Waals surface area contributed by atoms with Gasteiger partial charge >= 0.3 is 0 Å². The lowest BCUT2D eigenvalue weighted by Gasteiger charge is -2.09. The first-order valence-electron chi connectivity index (χ1n) is 5.34. The van der Waals surface area contributed by atoms with Crippen molar-refractivity contribution >= 4 is 23.7 Å². The van der Waals surface area contributed by atoms with Gasteiger partial charge in [0.15, 0.2) is 0 Å². The Morgan fingerprint density at radius 2 is 2.19 bits per heavy atom. The fourth-order valence-corrected chi connectivity index (χ4v) is 2.00. The van der Waals surface area contributed by atoms with Crippen LogP contribution < -0.4 is 4.74 Å². The second-order valence-electron chi connectivity index (χ2n) is 4.06. The molecule has 0 aliphatic heterocycles. The highest BCUT2D eigenvalue weighted by Gasteiger charge is 2.07. The molecule has 16 heavy (non-hydrogen) atoms. The van der Waals surface area contributed by atoms with Gasteiger partial charge in [0.1, 0.15) is 11.6 Å². The van der Waals surface area contributed by atoms with Gasteiger partial charge in [-0.15, -0.1) is 0 Å². The molecule has 0 saturated heterocycles. The summed E-state index contributed by atoms with van der Waals surface area (Å²) < 4.78 is 7.69. The molecule has 1 aromatic heterocycles. The molecule has 0 radical (unpaired) electrons. The number of fused-ring (bicyclic) bond motifs is 1. The van der Waals surface area contributed by atoms with Gasteiger partial charge in [0.25, 0.3) is 0 Å². The summed E-state index contributed by atoms with van der Waals surface area (Å²) in [6.45, 7) is 4.03. The van der Waals surface area contributed by atoms with Crippen LogP contribution in [-0.4, -0.2) is 15.7 Å². The van der Waals surface area contributed by atoms with Crippen molar-refractivity contribution in [2.45, 2.75) is 25.7 Å². The molecule has 4 heteroatoms. The summed E-state index contributed by atoms with van der Waals surface area (Å²) in [5.74, 6) is 2.48. The third-order valence-corrected chi connectivity index (χ3v) is 2.74. The lowest BCUT2D eigenvalue weighted by Crippen LogP contribution is -2.05. The lowest BCUT2D eigenvalue weighted by atomic mass is 10.3. The highest BCUT2D eigenvalue weighted by molar-refractivity contribution is 7.79. The van der Waals surface area contributed by atoms with Crippen molar-refractivity contribution in [2.24, 2.45) is 7.05 Å². The summed E-state index contributed by atoms with van der Waals surface area (Å²) in [5.41, 5.74) is 2.07. The van der Waals surface area contributed by atoms with E-state index in [4.69, 9.17) is 4.74 Å². The molecule has 86 valence electrons. The van der Waals surface area contributed by atoms with Crippen LogP contribution in [0, 0.1) is 0 Å².